The molecule has 0 unspecified atom stereocenters. The lowest BCUT2D eigenvalue weighted by atomic mass is 10.1. The van der Waals surface area contributed by atoms with Crippen LogP contribution < -0.4 is 5.32 Å². The molecule has 2 heterocycles. The minimum absolute atomic E-state index is 0. The van der Waals surface area contributed by atoms with Gasteiger partial charge in [-0.25, -0.2) is 0 Å². The van der Waals surface area contributed by atoms with E-state index in [1.54, 1.807) is 13.3 Å². The molecular formula is C17H22IN5O. The van der Waals surface area contributed by atoms with Crippen molar-refractivity contribution in [1.82, 2.24) is 20.4 Å². The molecule has 128 valence electrons. The number of para-hydroxylation sites is 1. The standard InChI is InChI=1S/C17H21N5O.HI/c1-18-17(22(2)12-14-8-10-23-21-14)19-9-7-13-11-20-16-6-4-3-5-15(13)16;/h3-6,8,10-11,20H,7,9,12H2,1-2H3,(H,18,19);1H. The van der Waals surface area contributed by atoms with Gasteiger partial charge >= 0.3 is 0 Å². The molecule has 0 saturated heterocycles. The van der Waals surface area contributed by atoms with Crippen LogP contribution in [0.15, 0.2) is 52.3 Å². The Bertz CT molecular complexity index is 781. The van der Waals surface area contributed by atoms with Crippen LogP contribution in [-0.4, -0.2) is 41.6 Å². The number of hydrogen-bond acceptors (Lipinski definition) is 3. The number of aromatic nitrogens is 2. The normalized spacial score (nSPS) is 11.3. The van der Waals surface area contributed by atoms with E-state index in [0.717, 1.165) is 24.6 Å². The highest BCUT2D eigenvalue weighted by molar-refractivity contribution is 14.0. The van der Waals surface area contributed by atoms with Gasteiger partial charge in [-0.3, -0.25) is 4.99 Å². The molecule has 6 nitrogen and oxygen atoms in total. The molecule has 2 aromatic heterocycles. The van der Waals surface area contributed by atoms with Crippen LogP contribution in [0.2, 0.25) is 0 Å². The van der Waals surface area contributed by atoms with Gasteiger partial charge in [0, 0.05) is 43.8 Å². The molecule has 0 fully saturated rings. The highest BCUT2D eigenvalue weighted by atomic mass is 127. The number of guanidine groups is 1. The highest BCUT2D eigenvalue weighted by Crippen LogP contribution is 2.17. The Labute approximate surface area is 158 Å². The van der Waals surface area contributed by atoms with Crippen molar-refractivity contribution >= 4 is 40.8 Å². The van der Waals surface area contributed by atoms with Crippen LogP contribution in [0.4, 0.5) is 0 Å². The summed E-state index contributed by atoms with van der Waals surface area (Å²) in [5, 5.41) is 8.59. The number of aromatic amines is 1. The fraction of sp³-hybridized carbons (Fsp3) is 0.294. The van der Waals surface area contributed by atoms with Gasteiger partial charge in [0.2, 0.25) is 0 Å². The largest absolute Gasteiger partial charge is 0.364 e. The molecule has 0 aliphatic heterocycles. The van der Waals surface area contributed by atoms with E-state index in [0.29, 0.717) is 6.54 Å². The molecule has 3 aromatic rings. The number of halogens is 1. The van der Waals surface area contributed by atoms with Crippen LogP contribution in [0.25, 0.3) is 10.9 Å². The zero-order valence-electron chi connectivity index (χ0n) is 13.8. The van der Waals surface area contributed by atoms with Crippen LogP contribution in [0.5, 0.6) is 0 Å². The Hall–Kier alpha value is -2.03. The summed E-state index contributed by atoms with van der Waals surface area (Å²) in [6.07, 6.45) is 4.59. The van der Waals surface area contributed by atoms with E-state index < -0.39 is 0 Å². The number of nitrogens with one attached hydrogen (secondary N) is 2. The van der Waals surface area contributed by atoms with Gasteiger partial charge in [0.05, 0.1) is 6.54 Å². The van der Waals surface area contributed by atoms with Gasteiger partial charge in [-0.05, 0) is 18.1 Å². The van der Waals surface area contributed by atoms with E-state index in [-0.39, 0.29) is 24.0 Å². The first-order valence-electron chi connectivity index (χ1n) is 7.64. The number of aliphatic imine (C=N–C) groups is 1. The van der Waals surface area contributed by atoms with Gasteiger partial charge in [-0.1, -0.05) is 23.4 Å². The summed E-state index contributed by atoms with van der Waals surface area (Å²) in [5.74, 6) is 0.841. The third-order valence-corrected chi connectivity index (χ3v) is 3.82. The van der Waals surface area contributed by atoms with Gasteiger partial charge in [0.1, 0.15) is 12.0 Å². The molecule has 7 heteroatoms. The Kier molecular flexibility index (Phi) is 6.65. The average Bonchev–Trinajstić information content (AvgIpc) is 3.21. The topological polar surface area (TPSA) is 69.5 Å². The Balaban J connectivity index is 0.00000208. The molecule has 0 aliphatic carbocycles. The van der Waals surface area contributed by atoms with Crippen LogP contribution >= 0.6 is 24.0 Å². The number of H-pyrrole nitrogens is 1. The number of benzene rings is 1. The highest BCUT2D eigenvalue weighted by Gasteiger charge is 2.09. The summed E-state index contributed by atoms with van der Waals surface area (Å²) in [7, 11) is 3.77. The van der Waals surface area contributed by atoms with Crippen LogP contribution in [0, 0.1) is 0 Å². The van der Waals surface area contributed by atoms with Crippen LogP contribution in [0.1, 0.15) is 11.3 Å². The van der Waals surface area contributed by atoms with Gasteiger partial charge in [-0.2, -0.15) is 0 Å². The number of rotatable bonds is 5. The number of nitrogens with zero attached hydrogens (tertiary/aromatic N) is 3. The Morgan fingerprint density at radius 1 is 1.33 bits per heavy atom. The predicted molar refractivity (Wildman–Crippen MR) is 107 cm³/mol. The van der Waals surface area contributed by atoms with E-state index in [4.69, 9.17) is 4.52 Å². The monoisotopic (exact) mass is 439 g/mol. The smallest absolute Gasteiger partial charge is 0.193 e. The quantitative estimate of drug-likeness (QED) is 0.365. The van der Waals surface area contributed by atoms with Gasteiger partial charge < -0.3 is 19.7 Å². The summed E-state index contributed by atoms with van der Waals surface area (Å²) < 4.78 is 4.86. The van der Waals surface area contributed by atoms with Crippen molar-refractivity contribution in [3.8, 4) is 0 Å². The van der Waals surface area contributed by atoms with Crippen molar-refractivity contribution in [3.63, 3.8) is 0 Å². The molecule has 3 rings (SSSR count). The average molecular weight is 439 g/mol. The third-order valence-electron chi connectivity index (χ3n) is 3.82. The second-order valence-corrected chi connectivity index (χ2v) is 5.43. The second kappa shape index (κ2) is 8.72. The van der Waals surface area contributed by atoms with Crippen molar-refractivity contribution in [2.45, 2.75) is 13.0 Å². The minimum atomic E-state index is 0. The van der Waals surface area contributed by atoms with E-state index >= 15 is 0 Å². The van der Waals surface area contributed by atoms with Crippen molar-refractivity contribution in [3.05, 3.63) is 54.0 Å². The first-order chi connectivity index (χ1) is 11.3. The zero-order chi connectivity index (χ0) is 16.1. The first kappa shape index (κ1) is 18.3. The Morgan fingerprint density at radius 2 is 2.17 bits per heavy atom. The molecule has 2 N–H and O–H groups in total. The predicted octanol–water partition coefficient (Wildman–Crippen LogP) is 3.02. The van der Waals surface area contributed by atoms with Gasteiger partial charge in [0.25, 0.3) is 0 Å². The lowest BCUT2D eigenvalue weighted by Crippen LogP contribution is -2.39. The minimum Gasteiger partial charge on any atom is -0.364 e. The van der Waals surface area contributed by atoms with E-state index in [2.05, 4.69) is 44.8 Å². The molecule has 24 heavy (non-hydrogen) atoms. The molecule has 0 aliphatic rings. The summed E-state index contributed by atoms with van der Waals surface area (Å²) in [4.78, 5) is 9.64. The lowest BCUT2D eigenvalue weighted by Gasteiger charge is -2.20. The first-order valence-corrected chi connectivity index (χ1v) is 7.64. The maximum Gasteiger partial charge on any atom is 0.193 e. The summed E-state index contributed by atoms with van der Waals surface area (Å²) in [5.41, 5.74) is 3.37. The van der Waals surface area contributed by atoms with E-state index in [1.165, 1.54) is 16.5 Å². The van der Waals surface area contributed by atoms with Crippen molar-refractivity contribution in [1.29, 1.82) is 0 Å². The molecule has 0 bridgehead atoms. The second-order valence-electron chi connectivity index (χ2n) is 5.43. The number of hydrogen-bond donors (Lipinski definition) is 2. The Morgan fingerprint density at radius 3 is 2.92 bits per heavy atom. The number of fused-ring (bicyclic) bond motifs is 1. The van der Waals surface area contributed by atoms with Gasteiger partial charge in [-0.15, -0.1) is 24.0 Å². The summed E-state index contributed by atoms with van der Waals surface area (Å²) in [6, 6.07) is 10.2. The molecule has 1 aromatic carbocycles. The van der Waals surface area contributed by atoms with Crippen LogP contribution in [0.3, 0.4) is 0 Å². The summed E-state index contributed by atoms with van der Waals surface area (Å²) >= 11 is 0. The van der Waals surface area contributed by atoms with Crippen molar-refractivity contribution in [2.75, 3.05) is 20.6 Å². The maximum atomic E-state index is 4.86. The zero-order valence-corrected chi connectivity index (χ0v) is 16.2. The van der Waals surface area contributed by atoms with E-state index in [1.807, 2.05) is 24.1 Å². The fourth-order valence-corrected chi connectivity index (χ4v) is 2.67. The van der Waals surface area contributed by atoms with Gasteiger partial charge in [0.15, 0.2) is 5.96 Å². The lowest BCUT2D eigenvalue weighted by molar-refractivity contribution is 0.391. The summed E-state index contributed by atoms with van der Waals surface area (Å²) in [6.45, 7) is 1.47. The molecular weight excluding hydrogens is 417 g/mol. The molecule has 0 spiro atoms. The molecule has 0 amide bonds. The molecule has 0 saturated carbocycles. The van der Waals surface area contributed by atoms with Crippen molar-refractivity contribution < 1.29 is 4.52 Å². The molecule has 0 radical (unpaired) electrons. The van der Waals surface area contributed by atoms with Crippen molar-refractivity contribution in [2.24, 2.45) is 4.99 Å². The van der Waals surface area contributed by atoms with E-state index in [9.17, 15) is 0 Å². The SMILES string of the molecule is CN=C(NCCc1c[nH]c2ccccc12)N(C)Cc1ccon1.I. The fourth-order valence-electron chi connectivity index (χ4n) is 2.67. The third kappa shape index (κ3) is 4.28. The maximum absolute atomic E-state index is 4.86. The van der Waals surface area contributed by atoms with Crippen LogP contribution in [-0.2, 0) is 13.0 Å². The molecule has 0 atom stereocenters.